The molecule has 4 nitrogen and oxygen atoms in total. The fourth-order valence-electron chi connectivity index (χ4n) is 5.18. The molecule has 5 heteroatoms. The summed E-state index contributed by atoms with van der Waals surface area (Å²) in [6, 6.07) is 12.2. The summed E-state index contributed by atoms with van der Waals surface area (Å²) in [5.41, 5.74) is 2.53. The van der Waals surface area contributed by atoms with Crippen molar-refractivity contribution in [3.05, 3.63) is 63.1 Å². The van der Waals surface area contributed by atoms with Gasteiger partial charge in [0.2, 0.25) is 0 Å². The maximum Gasteiger partial charge on any atom is 0.253 e. The van der Waals surface area contributed by atoms with Crippen LogP contribution in [0.25, 0.3) is 10.8 Å². The molecule has 1 spiro atoms. The fraction of sp³-hybridized carbons (Fsp3) is 0.444. The van der Waals surface area contributed by atoms with Crippen molar-refractivity contribution in [2.45, 2.75) is 58.8 Å². The molecule has 0 atom stereocenters. The number of rotatable bonds is 1. The summed E-state index contributed by atoms with van der Waals surface area (Å²) in [4.78, 5) is 34.1. The molecule has 0 radical (unpaired) electrons. The number of carbonyl (C=O) groups is 2. The molecule has 2 heterocycles. The van der Waals surface area contributed by atoms with Crippen LogP contribution in [-0.4, -0.2) is 34.7 Å². The number of aryl methyl sites for hydroxylation is 1. The quantitative estimate of drug-likeness (QED) is 0.464. The van der Waals surface area contributed by atoms with E-state index in [1.807, 2.05) is 29.2 Å². The van der Waals surface area contributed by atoms with Crippen LogP contribution in [0.2, 0.25) is 0 Å². The zero-order chi connectivity index (χ0) is 22.7. The second kappa shape index (κ2) is 7.51. The lowest BCUT2D eigenvalue weighted by molar-refractivity contribution is 0.0522. The number of hydrogen-bond donors (Lipinski definition) is 0. The van der Waals surface area contributed by atoms with Crippen LogP contribution in [-0.2, 0) is 11.8 Å². The molecule has 0 N–H and O–H groups in total. The fourth-order valence-corrected chi connectivity index (χ4v) is 6.49. The lowest BCUT2D eigenvalue weighted by atomic mass is 9.68. The van der Waals surface area contributed by atoms with E-state index in [-0.39, 0.29) is 22.5 Å². The number of aromatic nitrogens is 1. The zero-order valence-corrected chi connectivity index (χ0v) is 20.1. The molecule has 0 unspecified atom stereocenters. The van der Waals surface area contributed by atoms with Crippen molar-refractivity contribution >= 4 is 33.8 Å². The van der Waals surface area contributed by atoms with Crippen LogP contribution in [0.1, 0.15) is 76.3 Å². The summed E-state index contributed by atoms with van der Waals surface area (Å²) >= 11 is 1.71. The zero-order valence-electron chi connectivity index (χ0n) is 19.3. The Morgan fingerprint density at radius 1 is 1.09 bits per heavy atom. The Hall–Kier alpha value is -2.53. The largest absolute Gasteiger partial charge is 0.339 e. The van der Waals surface area contributed by atoms with E-state index in [1.54, 1.807) is 11.3 Å². The molecule has 1 aliphatic carbocycles. The van der Waals surface area contributed by atoms with E-state index in [1.165, 1.54) is 5.39 Å². The van der Waals surface area contributed by atoms with Gasteiger partial charge in [-0.05, 0) is 60.1 Å². The van der Waals surface area contributed by atoms with Crippen LogP contribution >= 0.6 is 11.3 Å². The SMILES string of the molecule is Cc1cc(C(=O)N2CCC3(CC2)CC(=O)c2nc(C(C)(C)C)sc2C3)cc2ccccc12. The van der Waals surface area contributed by atoms with E-state index in [9.17, 15) is 9.59 Å². The van der Waals surface area contributed by atoms with E-state index in [4.69, 9.17) is 4.98 Å². The minimum absolute atomic E-state index is 0.0259. The van der Waals surface area contributed by atoms with Crippen LogP contribution < -0.4 is 0 Å². The number of benzene rings is 2. The first-order valence-corrected chi connectivity index (χ1v) is 12.3. The van der Waals surface area contributed by atoms with Gasteiger partial charge in [-0.2, -0.15) is 0 Å². The normalized spacial score (nSPS) is 18.2. The van der Waals surface area contributed by atoms with E-state index in [0.29, 0.717) is 25.2 Å². The van der Waals surface area contributed by atoms with E-state index in [0.717, 1.165) is 45.7 Å². The summed E-state index contributed by atoms with van der Waals surface area (Å²) in [6.45, 7) is 9.93. The molecule has 5 rings (SSSR count). The third-order valence-electron chi connectivity index (χ3n) is 7.10. The molecule has 2 aliphatic rings. The van der Waals surface area contributed by atoms with Gasteiger partial charge in [0.05, 0.1) is 5.01 Å². The summed E-state index contributed by atoms with van der Waals surface area (Å²) in [5.74, 6) is 0.285. The molecular weight excluding hydrogens is 416 g/mol. The van der Waals surface area contributed by atoms with Gasteiger partial charge in [-0.25, -0.2) is 4.98 Å². The lowest BCUT2D eigenvalue weighted by Crippen LogP contribution is -2.46. The Kier molecular flexibility index (Phi) is 5.01. The van der Waals surface area contributed by atoms with E-state index in [2.05, 4.69) is 39.8 Å². The second-order valence-corrected chi connectivity index (χ2v) is 11.7. The summed E-state index contributed by atoms with van der Waals surface area (Å²) in [7, 11) is 0. The highest BCUT2D eigenvalue weighted by atomic mass is 32.1. The number of amides is 1. The Bertz CT molecular complexity index is 1230. The van der Waals surface area contributed by atoms with Crippen LogP contribution in [0.5, 0.6) is 0 Å². The number of hydrogen-bond acceptors (Lipinski definition) is 4. The van der Waals surface area contributed by atoms with Crippen LogP contribution in [0, 0.1) is 12.3 Å². The first-order chi connectivity index (χ1) is 15.2. The number of fused-ring (bicyclic) bond motifs is 2. The van der Waals surface area contributed by atoms with Crippen molar-refractivity contribution < 1.29 is 9.59 Å². The Balaban J connectivity index is 1.33. The van der Waals surface area contributed by atoms with E-state index >= 15 is 0 Å². The maximum absolute atomic E-state index is 13.3. The first-order valence-electron chi connectivity index (χ1n) is 11.5. The van der Waals surface area contributed by atoms with Gasteiger partial charge in [-0.1, -0.05) is 45.0 Å². The molecular formula is C27H30N2O2S. The summed E-state index contributed by atoms with van der Waals surface area (Å²) in [6.07, 6.45) is 3.22. The number of thiazole rings is 1. The Morgan fingerprint density at radius 3 is 2.53 bits per heavy atom. The van der Waals surface area contributed by atoms with E-state index < -0.39 is 0 Å². The highest BCUT2D eigenvalue weighted by Crippen LogP contribution is 2.46. The molecule has 0 saturated carbocycles. The molecule has 1 aliphatic heterocycles. The third kappa shape index (κ3) is 3.66. The summed E-state index contributed by atoms with van der Waals surface area (Å²) in [5, 5.41) is 3.35. The van der Waals surface area contributed by atoms with Gasteiger partial charge >= 0.3 is 0 Å². The number of ketones is 1. The molecule has 166 valence electrons. The number of nitrogens with zero attached hydrogens (tertiary/aromatic N) is 2. The highest BCUT2D eigenvalue weighted by Gasteiger charge is 2.43. The van der Waals surface area contributed by atoms with Crippen LogP contribution in [0.4, 0.5) is 0 Å². The molecule has 1 amide bonds. The van der Waals surface area contributed by atoms with Crippen molar-refractivity contribution in [3.8, 4) is 0 Å². The maximum atomic E-state index is 13.3. The molecule has 0 bridgehead atoms. The average molecular weight is 447 g/mol. The summed E-state index contributed by atoms with van der Waals surface area (Å²) < 4.78 is 0. The van der Waals surface area contributed by atoms with Gasteiger partial charge in [0.15, 0.2) is 5.78 Å². The van der Waals surface area contributed by atoms with Gasteiger partial charge in [0, 0.05) is 35.4 Å². The number of Topliss-reactive ketones (excluding diaryl/α,β-unsaturated/α-hetero) is 1. The average Bonchev–Trinajstić information content (AvgIpc) is 3.19. The predicted octanol–water partition coefficient (Wildman–Crippen LogP) is 5.95. The van der Waals surface area contributed by atoms with Crippen molar-refractivity contribution in [2.24, 2.45) is 5.41 Å². The predicted molar refractivity (Wildman–Crippen MR) is 130 cm³/mol. The minimum Gasteiger partial charge on any atom is -0.339 e. The van der Waals surface area contributed by atoms with Crippen molar-refractivity contribution in [3.63, 3.8) is 0 Å². The van der Waals surface area contributed by atoms with Crippen molar-refractivity contribution in [2.75, 3.05) is 13.1 Å². The van der Waals surface area contributed by atoms with Crippen molar-refractivity contribution in [1.29, 1.82) is 0 Å². The van der Waals surface area contributed by atoms with Crippen LogP contribution in [0.3, 0.4) is 0 Å². The lowest BCUT2D eigenvalue weighted by Gasteiger charge is -2.43. The highest BCUT2D eigenvalue weighted by molar-refractivity contribution is 7.12. The molecule has 2 aromatic carbocycles. The standard InChI is InChI=1S/C27H30N2O2S/c1-17-13-19(14-18-7-5-6-8-20(17)18)24(31)29-11-9-27(10-12-29)15-21(30)23-22(16-27)32-25(28-23)26(2,3)4/h5-8,13-14H,9-12,15-16H2,1-4H3. The number of piperidine rings is 1. The Morgan fingerprint density at radius 2 is 1.81 bits per heavy atom. The first kappa shape index (κ1) is 21.3. The smallest absolute Gasteiger partial charge is 0.253 e. The van der Waals surface area contributed by atoms with Gasteiger partial charge in [-0.3, -0.25) is 9.59 Å². The minimum atomic E-state index is -0.0385. The monoisotopic (exact) mass is 446 g/mol. The second-order valence-electron chi connectivity index (χ2n) is 10.6. The molecule has 1 aromatic heterocycles. The van der Waals surface area contributed by atoms with Gasteiger partial charge < -0.3 is 4.90 Å². The van der Waals surface area contributed by atoms with Gasteiger partial charge in [-0.15, -0.1) is 11.3 Å². The number of likely N-dealkylation sites (tertiary alicyclic amines) is 1. The molecule has 32 heavy (non-hydrogen) atoms. The van der Waals surface area contributed by atoms with Gasteiger partial charge in [0.1, 0.15) is 5.69 Å². The molecule has 1 fully saturated rings. The third-order valence-corrected chi connectivity index (χ3v) is 8.58. The topological polar surface area (TPSA) is 50.3 Å². The van der Waals surface area contributed by atoms with Crippen molar-refractivity contribution in [1.82, 2.24) is 9.88 Å². The Labute approximate surface area is 193 Å². The number of carbonyl (C=O) groups excluding carboxylic acids is 2. The van der Waals surface area contributed by atoms with Crippen LogP contribution in [0.15, 0.2) is 36.4 Å². The molecule has 1 saturated heterocycles. The van der Waals surface area contributed by atoms with Gasteiger partial charge in [0.25, 0.3) is 5.91 Å². The molecule has 3 aromatic rings.